The van der Waals surface area contributed by atoms with Crippen molar-refractivity contribution < 1.29 is 14.3 Å². The number of methoxy groups -OCH3 is 2. The molecule has 1 aromatic carbocycles. The minimum atomic E-state index is -0.303. The summed E-state index contributed by atoms with van der Waals surface area (Å²) in [4.78, 5) is 30.1. The number of carbonyl (C=O) groups excluding carboxylic acids is 1. The molecule has 2 saturated heterocycles. The molecule has 5 aromatic rings. The zero-order valence-corrected chi connectivity index (χ0v) is 31.1. The smallest absolute Gasteiger partial charge is 0.219 e. The van der Waals surface area contributed by atoms with E-state index in [2.05, 4.69) is 21.3 Å². The highest BCUT2D eigenvalue weighted by molar-refractivity contribution is 6.39. The Morgan fingerprint density at radius 1 is 1.02 bits per heavy atom. The molecule has 0 radical (unpaired) electrons. The number of hydrogen-bond acceptors (Lipinski definition) is 9. The second-order valence-electron chi connectivity index (χ2n) is 13.8. The first kappa shape index (κ1) is 35.7. The first-order chi connectivity index (χ1) is 25.1. The molecule has 4 aromatic heterocycles. The maximum Gasteiger partial charge on any atom is 0.219 e. The summed E-state index contributed by atoms with van der Waals surface area (Å²) in [5.74, 6) is 1.24. The maximum atomic E-state index is 11.7. The number of carbonyl (C=O) groups is 1. The Morgan fingerprint density at radius 2 is 1.77 bits per heavy atom. The number of hydrogen-bond donors (Lipinski definition) is 1. The molecule has 0 aliphatic carbocycles. The monoisotopic (exact) mass is 738 g/mol. The number of amides is 1. The van der Waals surface area contributed by atoms with Gasteiger partial charge in [-0.1, -0.05) is 47.5 Å². The fraction of sp³-hybridized carbons (Fsp3) is 0.359. The van der Waals surface area contributed by atoms with E-state index in [1.54, 1.807) is 27.3 Å². The first-order valence-corrected chi connectivity index (χ1v) is 18.0. The van der Waals surface area contributed by atoms with Gasteiger partial charge in [-0.2, -0.15) is 5.26 Å². The molecule has 13 heteroatoms. The lowest BCUT2D eigenvalue weighted by Crippen LogP contribution is -2.53. The molecular formula is C39H40Cl2N8O3. The largest absolute Gasteiger partial charge is 0.493 e. The number of nitriles is 1. The van der Waals surface area contributed by atoms with E-state index in [0.29, 0.717) is 70.9 Å². The van der Waals surface area contributed by atoms with E-state index in [0.717, 1.165) is 59.4 Å². The van der Waals surface area contributed by atoms with E-state index in [1.807, 2.05) is 71.1 Å². The van der Waals surface area contributed by atoms with Gasteiger partial charge in [-0.05, 0) is 38.0 Å². The molecule has 1 N–H and O–H groups in total. The minimum absolute atomic E-state index is 0.126. The molecule has 2 aliphatic rings. The van der Waals surface area contributed by atoms with Crippen molar-refractivity contribution in [2.45, 2.75) is 45.8 Å². The highest BCUT2D eigenvalue weighted by atomic mass is 35.5. The number of piperidine rings is 1. The average Bonchev–Trinajstić information content (AvgIpc) is 3.56. The number of fused-ring (bicyclic) bond motifs is 1. The van der Waals surface area contributed by atoms with Crippen molar-refractivity contribution in [1.29, 1.82) is 5.26 Å². The van der Waals surface area contributed by atoms with E-state index in [4.69, 9.17) is 42.6 Å². The fourth-order valence-corrected chi connectivity index (χ4v) is 7.85. The van der Waals surface area contributed by atoms with Crippen molar-refractivity contribution in [2.24, 2.45) is 5.41 Å². The van der Waals surface area contributed by atoms with Crippen LogP contribution in [-0.2, 0) is 17.9 Å². The molecule has 7 rings (SSSR count). The van der Waals surface area contributed by atoms with Gasteiger partial charge in [-0.15, -0.1) is 0 Å². The summed E-state index contributed by atoms with van der Waals surface area (Å²) in [5, 5.41) is 13.9. The van der Waals surface area contributed by atoms with Gasteiger partial charge in [0, 0.05) is 98.6 Å². The van der Waals surface area contributed by atoms with Crippen LogP contribution in [0.15, 0.2) is 61.1 Å². The van der Waals surface area contributed by atoms with Crippen LogP contribution in [0.2, 0.25) is 10.0 Å². The van der Waals surface area contributed by atoms with Crippen molar-refractivity contribution in [3.63, 3.8) is 0 Å². The van der Waals surface area contributed by atoms with Crippen molar-refractivity contribution >= 4 is 34.8 Å². The zero-order chi connectivity index (χ0) is 36.6. The summed E-state index contributed by atoms with van der Waals surface area (Å²) in [6.07, 6.45) is 7.46. The van der Waals surface area contributed by atoms with Crippen LogP contribution in [0.25, 0.3) is 39.3 Å². The quantitative estimate of drug-likeness (QED) is 0.163. The molecule has 0 bridgehead atoms. The number of imidazole rings is 1. The van der Waals surface area contributed by atoms with Crippen LogP contribution in [0, 0.1) is 16.7 Å². The normalized spacial score (nSPS) is 16.1. The molecule has 0 unspecified atom stereocenters. The lowest BCUT2D eigenvalue weighted by atomic mass is 9.84. The van der Waals surface area contributed by atoms with E-state index in [-0.39, 0.29) is 11.3 Å². The van der Waals surface area contributed by atoms with E-state index in [9.17, 15) is 10.1 Å². The molecule has 0 spiro atoms. The highest BCUT2D eigenvalue weighted by Crippen LogP contribution is 2.42. The third-order valence-electron chi connectivity index (χ3n) is 9.97. The van der Waals surface area contributed by atoms with Gasteiger partial charge in [0.2, 0.25) is 11.8 Å². The summed E-state index contributed by atoms with van der Waals surface area (Å²) in [5.41, 5.74) is 6.43. The van der Waals surface area contributed by atoms with Crippen molar-refractivity contribution in [3.05, 3.63) is 82.4 Å². The average molecular weight is 740 g/mol. The van der Waals surface area contributed by atoms with Crippen LogP contribution in [-0.4, -0.2) is 81.5 Å². The number of benzene rings is 1. The Kier molecular flexibility index (Phi) is 10.1. The molecule has 2 aliphatic heterocycles. The molecule has 0 saturated carbocycles. The Balaban J connectivity index is 1.13. The van der Waals surface area contributed by atoms with Gasteiger partial charge in [0.05, 0.1) is 52.8 Å². The summed E-state index contributed by atoms with van der Waals surface area (Å²) >= 11 is 14.3. The molecule has 268 valence electrons. The first-order valence-electron chi connectivity index (χ1n) is 17.3. The summed E-state index contributed by atoms with van der Waals surface area (Å²) in [6.45, 7) is 7.80. The van der Waals surface area contributed by atoms with Crippen molar-refractivity contribution in [3.8, 4) is 51.3 Å². The fourth-order valence-electron chi connectivity index (χ4n) is 7.20. The van der Waals surface area contributed by atoms with Crippen LogP contribution in [0.1, 0.15) is 37.9 Å². The summed E-state index contributed by atoms with van der Waals surface area (Å²) < 4.78 is 13.4. The minimum Gasteiger partial charge on any atom is -0.493 e. The number of nitrogens with zero attached hydrogens (tertiary/aromatic N) is 7. The Hall–Kier alpha value is -4.73. The van der Waals surface area contributed by atoms with Crippen molar-refractivity contribution in [2.75, 3.05) is 40.4 Å². The van der Waals surface area contributed by atoms with Gasteiger partial charge >= 0.3 is 0 Å². The number of nitrogens with one attached hydrogen (secondary N) is 1. The third kappa shape index (κ3) is 7.04. The van der Waals surface area contributed by atoms with Crippen LogP contribution in [0.4, 0.5) is 0 Å². The molecular weight excluding hydrogens is 699 g/mol. The van der Waals surface area contributed by atoms with Crippen LogP contribution in [0.5, 0.6) is 11.6 Å². The van der Waals surface area contributed by atoms with Crippen LogP contribution < -0.4 is 14.8 Å². The molecule has 1 amide bonds. The van der Waals surface area contributed by atoms with Gasteiger partial charge in [0.15, 0.2) is 11.4 Å². The van der Waals surface area contributed by atoms with Crippen LogP contribution >= 0.6 is 23.2 Å². The topological polar surface area (TPSA) is 121 Å². The standard InChI is InChI=1S/C39H40Cl2N8O3/c1-24(50)48-14-11-27(12-15-48)44-17-25-8-9-32(46-38(25)52-4)31-7-5-6-29(34(31)40)30-10-13-43-36(35(30)41)26-16-33(51-3)37-45-28(20-49(37)18-26)19-47-22-39(2,21-42)23-47/h5-10,13,16,18,20,27,44H,11-12,14-15,17,19,22-23H2,1-4H3. The van der Waals surface area contributed by atoms with Gasteiger partial charge in [0.25, 0.3) is 0 Å². The maximum absolute atomic E-state index is 11.7. The lowest BCUT2D eigenvalue weighted by Gasteiger charge is -2.42. The second-order valence-corrected chi connectivity index (χ2v) is 14.5. The van der Waals surface area contributed by atoms with E-state index in [1.165, 1.54) is 0 Å². The third-order valence-corrected chi connectivity index (χ3v) is 10.8. The number of aromatic nitrogens is 4. The zero-order valence-electron chi connectivity index (χ0n) is 29.6. The van der Waals surface area contributed by atoms with Gasteiger partial charge in [-0.3, -0.25) is 14.7 Å². The predicted octanol–water partition coefficient (Wildman–Crippen LogP) is 6.90. The number of pyridine rings is 3. The Bertz CT molecular complexity index is 2180. The number of ether oxygens (including phenoxy) is 2. The van der Waals surface area contributed by atoms with Crippen LogP contribution in [0.3, 0.4) is 0 Å². The van der Waals surface area contributed by atoms with E-state index >= 15 is 0 Å². The SMILES string of the molecule is COc1nc(-c2cccc(-c3ccnc(-c4cc(OC)c5nc(CN6CC(C)(C#N)C6)cn5c4)c3Cl)c2Cl)ccc1CNC1CCN(C(C)=O)CC1. The number of likely N-dealkylation sites (tertiary alicyclic amines) is 2. The lowest BCUT2D eigenvalue weighted by molar-refractivity contribution is -0.129. The molecule has 6 heterocycles. The Labute approximate surface area is 313 Å². The Morgan fingerprint density at radius 3 is 2.48 bits per heavy atom. The molecule has 0 atom stereocenters. The van der Waals surface area contributed by atoms with Gasteiger partial charge < -0.3 is 24.1 Å². The molecule has 11 nitrogen and oxygen atoms in total. The van der Waals surface area contributed by atoms with Crippen molar-refractivity contribution in [1.82, 2.24) is 34.5 Å². The predicted molar refractivity (Wildman–Crippen MR) is 201 cm³/mol. The highest BCUT2D eigenvalue weighted by Gasteiger charge is 2.39. The summed E-state index contributed by atoms with van der Waals surface area (Å²) in [6, 6.07) is 16.2. The molecule has 2 fully saturated rings. The van der Waals surface area contributed by atoms with Gasteiger partial charge in [0.1, 0.15) is 0 Å². The summed E-state index contributed by atoms with van der Waals surface area (Å²) in [7, 11) is 3.23. The van der Waals surface area contributed by atoms with Gasteiger partial charge in [-0.25, -0.2) is 9.97 Å². The molecule has 52 heavy (non-hydrogen) atoms. The number of rotatable bonds is 10. The van der Waals surface area contributed by atoms with E-state index < -0.39 is 0 Å². The number of halogens is 2. The second kappa shape index (κ2) is 14.7.